The largest absolute Gasteiger partial charge is 0.340 e. The first-order chi connectivity index (χ1) is 4.83. The summed E-state index contributed by atoms with van der Waals surface area (Å²) in [5.41, 5.74) is 1.14. The molecule has 0 fully saturated rings. The standard InChI is InChI=1S/C8H12N2/c1-3-4-5-8-6-10(2)7-9-8/h3,6-7H,1,4-5H2,2H3. The number of aromatic nitrogens is 2. The summed E-state index contributed by atoms with van der Waals surface area (Å²) in [6, 6.07) is 0. The van der Waals surface area contributed by atoms with Gasteiger partial charge in [-0.3, -0.25) is 0 Å². The van der Waals surface area contributed by atoms with Crippen molar-refractivity contribution in [1.29, 1.82) is 0 Å². The molecule has 10 heavy (non-hydrogen) atoms. The maximum Gasteiger partial charge on any atom is 0.0946 e. The molecule has 2 nitrogen and oxygen atoms in total. The smallest absolute Gasteiger partial charge is 0.0946 e. The monoisotopic (exact) mass is 136 g/mol. The molecule has 0 bridgehead atoms. The van der Waals surface area contributed by atoms with Crippen molar-refractivity contribution in [3.63, 3.8) is 0 Å². The van der Waals surface area contributed by atoms with E-state index >= 15 is 0 Å². The molecule has 0 N–H and O–H groups in total. The van der Waals surface area contributed by atoms with Gasteiger partial charge in [0.25, 0.3) is 0 Å². The lowest BCUT2D eigenvalue weighted by Crippen LogP contribution is -1.82. The SMILES string of the molecule is C=CCCc1cn(C)cn1. The summed E-state index contributed by atoms with van der Waals surface area (Å²) in [4.78, 5) is 4.17. The summed E-state index contributed by atoms with van der Waals surface area (Å²) in [7, 11) is 1.98. The van der Waals surface area contributed by atoms with Gasteiger partial charge >= 0.3 is 0 Å². The van der Waals surface area contributed by atoms with Crippen LogP contribution >= 0.6 is 0 Å². The zero-order chi connectivity index (χ0) is 7.40. The highest BCUT2D eigenvalue weighted by Gasteiger charge is 1.92. The number of allylic oxidation sites excluding steroid dienone is 1. The average Bonchev–Trinajstić information content (AvgIpc) is 2.31. The molecule has 1 aromatic rings. The fourth-order valence-electron chi connectivity index (χ4n) is 0.846. The summed E-state index contributed by atoms with van der Waals surface area (Å²) < 4.78 is 1.96. The summed E-state index contributed by atoms with van der Waals surface area (Å²) in [5.74, 6) is 0. The van der Waals surface area contributed by atoms with Gasteiger partial charge in [0.2, 0.25) is 0 Å². The van der Waals surface area contributed by atoms with E-state index in [0.717, 1.165) is 18.5 Å². The molecule has 1 rings (SSSR count). The number of hydrogen-bond donors (Lipinski definition) is 0. The van der Waals surface area contributed by atoms with Crippen molar-refractivity contribution < 1.29 is 0 Å². The van der Waals surface area contributed by atoms with Crippen molar-refractivity contribution in [2.24, 2.45) is 7.05 Å². The molecule has 0 saturated carbocycles. The molecule has 0 aliphatic rings. The van der Waals surface area contributed by atoms with Crippen LogP contribution in [0.25, 0.3) is 0 Å². The molecular formula is C8H12N2. The first-order valence-corrected chi connectivity index (χ1v) is 3.40. The lowest BCUT2D eigenvalue weighted by molar-refractivity contribution is 0.909. The van der Waals surface area contributed by atoms with E-state index in [-0.39, 0.29) is 0 Å². The van der Waals surface area contributed by atoms with Crippen molar-refractivity contribution >= 4 is 0 Å². The fraction of sp³-hybridized carbons (Fsp3) is 0.375. The molecule has 0 amide bonds. The molecule has 0 unspecified atom stereocenters. The van der Waals surface area contributed by atoms with Crippen molar-refractivity contribution in [2.75, 3.05) is 0 Å². The Labute approximate surface area is 61.2 Å². The highest BCUT2D eigenvalue weighted by atomic mass is 15.0. The molecule has 2 heteroatoms. The minimum atomic E-state index is 1.00. The molecule has 0 aliphatic carbocycles. The van der Waals surface area contributed by atoms with Crippen LogP contribution in [0.1, 0.15) is 12.1 Å². The van der Waals surface area contributed by atoms with Crippen LogP contribution in [0, 0.1) is 0 Å². The fourth-order valence-corrected chi connectivity index (χ4v) is 0.846. The quantitative estimate of drug-likeness (QED) is 0.576. The zero-order valence-electron chi connectivity index (χ0n) is 6.25. The summed E-state index contributed by atoms with van der Waals surface area (Å²) in [5, 5.41) is 0. The summed E-state index contributed by atoms with van der Waals surface area (Å²) in [6.07, 6.45) is 7.78. The molecule has 0 saturated heterocycles. The Morgan fingerprint density at radius 3 is 3.10 bits per heavy atom. The van der Waals surface area contributed by atoms with Gasteiger partial charge in [0.15, 0.2) is 0 Å². The Balaban J connectivity index is 2.49. The number of rotatable bonds is 3. The highest BCUT2D eigenvalue weighted by Crippen LogP contribution is 1.98. The van der Waals surface area contributed by atoms with Crippen molar-refractivity contribution in [2.45, 2.75) is 12.8 Å². The lowest BCUT2D eigenvalue weighted by Gasteiger charge is -1.87. The van der Waals surface area contributed by atoms with Crippen LogP contribution in [-0.4, -0.2) is 9.55 Å². The van der Waals surface area contributed by atoms with Crippen LogP contribution in [0.4, 0.5) is 0 Å². The first kappa shape index (κ1) is 7.06. The summed E-state index contributed by atoms with van der Waals surface area (Å²) >= 11 is 0. The molecule has 0 aromatic carbocycles. The second-order valence-electron chi connectivity index (χ2n) is 2.36. The lowest BCUT2D eigenvalue weighted by atomic mass is 10.2. The van der Waals surface area contributed by atoms with Crippen LogP contribution in [-0.2, 0) is 13.5 Å². The van der Waals surface area contributed by atoms with Gasteiger partial charge in [0, 0.05) is 13.2 Å². The van der Waals surface area contributed by atoms with E-state index in [1.807, 2.05) is 30.2 Å². The van der Waals surface area contributed by atoms with E-state index in [2.05, 4.69) is 11.6 Å². The van der Waals surface area contributed by atoms with Gasteiger partial charge in [-0.1, -0.05) is 6.08 Å². The van der Waals surface area contributed by atoms with Gasteiger partial charge in [-0.05, 0) is 12.8 Å². The zero-order valence-corrected chi connectivity index (χ0v) is 6.25. The van der Waals surface area contributed by atoms with Gasteiger partial charge in [-0.15, -0.1) is 6.58 Å². The van der Waals surface area contributed by atoms with Crippen LogP contribution in [0.15, 0.2) is 25.2 Å². The van der Waals surface area contributed by atoms with Gasteiger partial charge in [-0.2, -0.15) is 0 Å². The molecule has 0 radical (unpaired) electrons. The number of aryl methyl sites for hydroxylation is 2. The van der Waals surface area contributed by atoms with Crippen LogP contribution in [0.5, 0.6) is 0 Å². The maximum absolute atomic E-state index is 4.17. The Hall–Kier alpha value is -1.05. The molecule has 0 spiro atoms. The van der Waals surface area contributed by atoms with E-state index in [4.69, 9.17) is 0 Å². The van der Waals surface area contributed by atoms with Crippen molar-refractivity contribution in [3.8, 4) is 0 Å². The average molecular weight is 136 g/mol. The van der Waals surface area contributed by atoms with E-state index in [0.29, 0.717) is 0 Å². The number of nitrogens with zero attached hydrogens (tertiary/aromatic N) is 2. The number of imidazole rings is 1. The molecule has 0 aliphatic heterocycles. The second-order valence-corrected chi connectivity index (χ2v) is 2.36. The molecule has 1 aromatic heterocycles. The van der Waals surface area contributed by atoms with Gasteiger partial charge in [0.05, 0.1) is 12.0 Å². The third-order valence-electron chi connectivity index (χ3n) is 1.36. The Kier molecular flexibility index (Phi) is 2.26. The molecule has 1 heterocycles. The third-order valence-corrected chi connectivity index (χ3v) is 1.36. The van der Waals surface area contributed by atoms with Gasteiger partial charge in [-0.25, -0.2) is 4.98 Å². The highest BCUT2D eigenvalue weighted by molar-refractivity contribution is 4.97. The second kappa shape index (κ2) is 3.20. The minimum Gasteiger partial charge on any atom is -0.340 e. The van der Waals surface area contributed by atoms with Gasteiger partial charge in [0.1, 0.15) is 0 Å². The Morgan fingerprint density at radius 2 is 2.60 bits per heavy atom. The Bertz CT molecular complexity index is 213. The van der Waals surface area contributed by atoms with Crippen molar-refractivity contribution in [3.05, 3.63) is 30.9 Å². The van der Waals surface area contributed by atoms with Crippen LogP contribution < -0.4 is 0 Å². The van der Waals surface area contributed by atoms with Crippen molar-refractivity contribution in [1.82, 2.24) is 9.55 Å². The van der Waals surface area contributed by atoms with E-state index < -0.39 is 0 Å². The minimum absolute atomic E-state index is 1.00. The maximum atomic E-state index is 4.17. The predicted octanol–water partition coefficient (Wildman–Crippen LogP) is 1.54. The van der Waals surface area contributed by atoms with E-state index in [9.17, 15) is 0 Å². The van der Waals surface area contributed by atoms with Crippen LogP contribution in [0.2, 0.25) is 0 Å². The number of hydrogen-bond acceptors (Lipinski definition) is 1. The van der Waals surface area contributed by atoms with E-state index in [1.165, 1.54) is 0 Å². The first-order valence-electron chi connectivity index (χ1n) is 3.40. The van der Waals surface area contributed by atoms with E-state index in [1.54, 1.807) is 0 Å². The predicted molar refractivity (Wildman–Crippen MR) is 41.7 cm³/mol. The van der Waals surface area contributed by atoms with Gasteiger partial charge < -0.3 is 4.57 Å². The third kappa shape index (κ3) is 1.72. The molecule has 0 atom stereocenters. The molecular weight excluding hydrogens is 124 g/mol. The Morgan fingerprint density at radius 1 is 1.80 bits per heavy atom. The topological polar surface area (TPSA) is 17.8 Å². The molecule has 54 valence electrons. The normalized spacial score (nSPS) is 9.70. The van der Waals surface area contributed by atoms with Crippen LogP contribution in [0.3, 0.4) is 0 Å². The summed E-state index contributed by atoms with van der Waals surface area (Å²) in [6.45, 7) is 3.65.